The number of carboxylic acid groups (broad SMARTS) is 1. The molecule has 0 unspecified atom stereocenters. The third-order valence-electron chi connectivity index (χ3n) is 3.66. The molecule has 1 N–H and O–H groups in total. The number of ether oxygens (including phenoxy) is 1. The average Bonchev–Trinajstić information content (AvgIpc) is 2.84. The fourth-order valence-electron chi connectivity index (χ4n) is 2.58. The lowest BCUT2D eigenvalue weighted by molar-refractivity contribution is -0.143. The maximum absolute atomic E-state index is 12.1. The fourth-order valence-corrected chi connectivity index (χ4v) is 2.58. The minimum absolute atomic E-state index is 0.140. The Kier molecular flexibility index (Phi) is 3.94. The van der Waals surface area contributed by atoms with Crippen molar-refractivity contribution in [3.05, 3.63) is 35.9 Å². The summed E-state index contributed by atoms with van der Waals surface area (Å²) in [6, 6.07) is 9.07. The van der Waals surface area contributed by atoms with E-state index in [1.54, 1.807) is 32.9 Å². The molecule has 1 aromatic carbocycles. The van der Waals surface area contributed by atoms with Gasteiger partial charge >= 0.3 is 12.1 Å². The van der Waals surface area contributed by atoms with Crippen molar-refractivity contribution in [1.82, 2.24) is 4.90 Å². The van der Waals surface area contributed by atoms with Gasteiger partial charge in [-0.1, -0.05) is 30.3 Å². The Morgan fingerprint density at radius 3 is 2.38 bits per heavy atom. The Bertz CT molecular complexity index is 535. The van der Waals surface area contributed by atoms with Crippen LogP contribution in [0.3, 0.4) is 0 Å². The maximum Gasteiger partial charge on any atom is 0.410 e. The van der Waals surface area contributed by atoms with E-state index in [0.29, 0.717) is 13.0 Å². The van der Waals surface area contributed by atoms with E-state index in [0.717, 1.165) is 5.56 Å². The molecular formula is C16H21NO4. The number of aliphatic carboxylic acids is 1. The predicted octanol–water partition coefficient (Wildman–Crippen LogP) is 2.65. The zero-order valence-corrected chi connectivity index (χ0v) is 12.6. The van der Waals surface area contributed by atoms with Crippen LogP contribution in [0.4, 0.5) is 4.79 Å². The number of amides is 1. The van der Waals surface area contributed by atoms with Gasteiger partial charge in [0.25, 0.3) is 0 Å². The molecule has 1 aliphatic heterocycles. The van der Waals surface area contributed by atoms with Crippen molar-refractivity contribution in [2.45, 2.75) is 38.2 Å². The standard InChI is InChI=1S/C16H21NO4/c1-15(2,3)21-14(20)17-10-9-16(11-17,13(18)19)12-7-5-4-6-8-12/h4-8H,9-11H2,1-3H3,(H,18,19)/t16-/m0/s1. The van der Waals surface area contributed by atoms with Gasteiger partial charge in [-0.25, -0.2) is 4.79 Å². The topological polar surface area (TPSA) is 66.8 Å². The number of likely N-dealkylation sites (tertiary alicyclic amines) is 1. The van der Waals surface area contributed by atoms with Crippen molar-refractivity contribution < 1.29 is 19.4 Å². The van der Waals surface area contributed by atoms with E-state index in [-0.39, 0.29) is 6.54 Å². The smallest absolute Gasteiger partial charge is 0.410 e. The number of benzene rings is 1. The predicted molar refractivity (Wildman–Crippen MR) is 78.2 cm³/mol. The summed E-state index contributed by atoms with van der Waals surface area (Å²) in [6.45, 7) is 5.91. The lowest BCUT2D eigenvalue weighted by atomic mass is 9.80. The Morgan fingerprint density at radius 1 is 1.24 bits per heavy atom. The van der Waals surface area contributed by atoms with Crippen molar-refractivity contribution in [3.63, 3.8) is 0 Å². The number of hydrogen-bond acceptors (Lipinski definition) is 3. The average molecular weight is 291 g/mol. The highest BCUT2D eigenvalue weighted by atomic mass is 16.6. The van der Waals surface area contributed by atoms with Crippen LogP contribution in [-0.2, 0) is 14.9 Å². The van der Waals surface area contributed by atoms with Crippen LogP contribution in [0.2, 0.25) is 0 Å². The summed E-state index contributed by atoms with van der Waals surface area (Å²) in [6.07, 6.45) is -0.0625. The summed E-state index contributed by atoms with van der Waals surface area (Å²) < 4.78 is 5.32. The molecule has 0 spiro atoms. The molecule has 0 radical (unpaired) electrons. The Balaban J connectivity index is 2.21. The summed E-state index contributed by atoms with van der Waals surface area (Å²) in [5.74, 6) is -0.903. The first kappa shape index (κ1) is 15.4. The molecule has 21 heavy (non-hydrogen) atoms. The summed E-state index contributed by atoms with van der Waals surface area (Å²) >= 11 is 0. The van der Waals surface area contributed by atoms with Crippen LogP contribution in [0, 0.1) is 0 Å². The Hall–Kier alpha value is -2.04. The second kappa shape index (κ2) is 5.39. The molecule has 0 aromatic heterocycles. The summed E-state index contributed by atoms with van der Waals surface area (Å²) in [7, 11) is 0. The van der Waals surface area contributed by atoms with Crippen molar-refractivity contribution in [3.8, 4) is 0 Å². The SMILES string of the molecule is CC(C)(C)OC(=O)N1CC[C@@](C(=O)O)(c2ccccc2)C1. The van der Waals surface area contributed by atoms with Crippen molar-refractivity contribution in [2.24, 2.45) is 0 Å². The first-order valence-corrected chi connectivity index (χ1v) is 7.01. The molecule has 0 aliphatic carbocycles. The number of carbonyl (C=O) groups excluding carboxylic acids is 1. The lowest BCUT2D eigenvalue weighted by Crippen LogP contribution is -2.42. The van der Waals surface area contributed by atoms with Crippen molar-refractivity contribution in [1.29, 1.82) is 0 Å². The second-order valence-corrected chi connectivity index (χ2v) is 6.41. The van der Waals surface area contributed by atoms with E-state index in [9.17, 15) is 14.7 Å². The number of nitrogens with zero attached hydrogens (tertiary/aromatic N) is 1. The fraction of sp³-hybridized carbons (Fsp3) is 0.500. The highest BCUT2D eigenvalue weighted by molar-refractivity contribution is 5.84. The molecule has 2 rings (SSSR count). The summed E-state index contributed by atoms with van der Waals surface area (Å²) in [5, 5.41) is 9.67. The van der Waals surface area contributed by atoms with E-state index < -0.39 is 23.1 Å². The highest BCUT2D eigenvalue weighted by Crippen LogP contribution is 2.35. The molecular weight excluding hydrogens is 270 g/mol. The van der Waals surface area contributed by atoms with Crippen molar-refractivity contribution in [2.75, 3.05) is 13.1 Å². The third-order valence-corrected chi connectivity index (χ3v) is 3.66. The van der Waals surface area contributed by atoms with E-state index in [4.69, 9.17) is 4.74 Å². The van der Waals surface area contributed by atoms with E-state index in [1.807, 2.05) is 18.2 Å². The number of rotatable bonds is 2. The van der Waals surface area contributed by atoms with Gasteiger partial charge in [0.05, 0.1) is 0 Å². The Labute approximate surface area is 124 Å². The highest BCUT2D eigenvalue weighted by Gasteiger charge is 2.48. The van der Waals surface area contributed by atoms with Crippen LogP contribution >= 0.6 is 0 Å². The quantitative estimate of drug-likeness (QED) is 0.909. The zero-order chi connectivity index (χ0) is 15.7. The first-order valence-electron chi connectivity index (χ1n) is 7.01. The molecule has 1 fully saturated rings. The summed E-state index contributed by atoms with van der Waals surface area (Å²) in [4.78, 5) is 25.4. The third kappa shape index (κ3) is 3.17. The van der Waals surface area contributed by atoms with Crippen LogP contribution in [0.1, 0.15) is 32.8 Å². The molecule has 0 saturated carbocycles. The van der Waals surface area contributed by atoms with Gasteiger partial charge in [-0.05, 0) is 32.8 Å². The molecule has 5 heteroatoms. The van der Waals surface area contributed by atoms with Crippen LogP contribution in [0.15, 0.2) is 30.3 Å². The monoisotopic (exact) mass is 291 g/mol. The molecule has 1 amide bonds. The molecule has 1 aliphatic rings. The first-order chi connectivity index (χ1) is 9.74. The number of carbonyl (C=O) groups is 2. The molecule has 1 saturated heterocycles. The number of hydrogen-bond donors (Lipinski definition) is 1. The molecule has 1 aromatic rings. The van der Waals surface area contributed by atoms with Gasteiger partial charge in [-0.15, -0.1) is 0 Å². The molecule has 1 heterocycles. The van der Waals surface area contributed by atoms with Gasteiger partial charge in [0.15, 0.2) is 0 Å². The van der Waals surface area contributed by atoms with E-state index in [2.05, 4.69) is 0 Å². The number of carboxylic acids is 1. The van der Waals surface area contributed by atoms with Crippen LogP contribution in [0.5, 0.6) is 0 Å². The van der Waals surface area contributed by atoms with Crippen LogP contribution in [-0.4, -0.2) is 40.8 Å². The van der Waals surface area contributed by atoms with Crippen LogP contribution < -0.4 is 0 Å². The summed E-state index contributed by atoms with van der Waals surface area (Å²) in [5.41, 5.74) is -0.903. The molecule has 114 valence electrons. The van der Waals surface area contributed by atoms with Gasteiger partial charge in [0.1, 0.15) is 11.0 Å². The van der Waals surface area contributed by atoms with Crippen LogP contribution in [0.25, 0.3) is 0 Å². The molecule has 5 nitrogen and oxygen atoms in total. The van der Waals surface area contributed by atoms with Gasteiger partial charge in [-0.3, -0.25) is 4.79 Å². The van der Waals surface area contributed by atoms with Gasteiger partial charge < -0.3 is 14.7 Å². The lowest BCUT2D eigenvalue weighted by Gasteiger charge is -2.27. The van der Waals surface area contributed by atoms with Gasteiger partial charge in [0, 0.05) is 13.1 Å². The van der Waals surface area contributed by atoms with Gasteiger partial charge in [-0.2, -0.15) is 0 Å². The van der Waals surface area contributed by atoms with E-state index in [1.165, 1.54) is 4.90 Å². The van der Waals surface area contributed by atoms with Crippen molar-refractivity contribution >= 4 is 12.1 Å². The second-order valence-electron chi connectivity index (χ2n) is 6.41. The minimum Gasteiger partial charge on any atom is -0.481 e. The zero-order valence-electron chi connectivity index (χ0n) is 12.6. The molecule has 1 atom stereocenters. The minimum atomic E-state index is -1.04. The Morgan fingerprint density at radius 2 is 1.86 bits per heavy atom. The largest absolute Gasteiger partial charge is 0.481 e. The molecule has 0 bridgehead atoms. The normalized spacial score (nSPS) is 22.1. The van der Waals surface area contributed by atoms with Gasteiger partial charge in [0.2, 0.25) is 0 Å². The maximum atomic E-state index is 12.1. The van der Waals surface area contributed by atoms with E-state index >= 15 is 0 Å².